The van der Waals surface area contributed by atoms with E-state index in [1.54, 1.807) is 0 Å². The molecule has 7 nitrogen and oxygen atoms in total. The quantitative estimate of drug-likeness (QED) is 0.536. The molecule has 1 aliphatic carbocycles. The minimum absolute atomic E-state index is 0.0265. The Morgan fingerprint density at radius 3 is 2.52 bits per heavy atom. The topological polar surface area (TPSA) is 78.4 Å². The molecule has 0 bridgehead atoms. The Morgan fingerprint density at radius 1 is 1.14 bits per heavy atom. The van der Waals surface area contributed by atoms with E-state index in [0.717, 1.165) is 43.1 Å². The van der Waals surface area contributed by atoms with E-state index in [0.29, 0.717) is 28.3 Å². The zero-order chi connectivity index (χ0) is 20.2. The second-order valence-corrected chi connectivity index (χ2v) is 9.76. The van der Waals surface area contributed by atoms with Crippen LogP contribution in [0.4, 0.5) is 10.8 Å². The van der Waals surface area contributed by atoms with Crippen LogP contribution in [0.2, 0.25) is 5.02 Å². The van der Waals surface area contributed by atoms with E-state index >= 15 is 0 Å². The van der Waals surface area contributed by atoms with E-state index in [2.05, 4.69) is 20.4 Å². The highest BCUT2D eigenvalue weighted by atomic mass is 35.5. The second kappa shape index (κ2) is 9.32. The molecule has 0 radical (unpaired) electrons. The first kappa shape index (κ1) is 20.4. The van der Waals surface area contributed by atoms with Gasteiger partial charge in [-0.1, -0.05) is 41.1 Å². The fourth-order valence-corrected chi connectivity index (χ4v) is 5.06. The van der Waals surface area contributed by atoms with Crippen LogP contribution in [0.5, 0.6) is 0 Å². The molecule has 2 aromatic rings. The van der Waals surface area contributed by atoms with Crippen LogP contribution in [0.15, 0.2) is 28.6 Å². The van der Waals surface area contributed by atoms with Gasteiger partial charge in [-0.3, -0.25) is 9.59 Å². The minimum Gasteiger partial charge on any atom is -0.368 e. The number of anilines is 2. The first-order chi connectivity index (χ1) is 14.1. The molecule has 2 fully saturated rings. The lowest BCUT2D eigenvalue weighted by atomic mass is 9.85. The number of carbonyl (C=O) groups is 2. The SMILES string of the molecule is O=C(Nc1nnc(SCC(=O)N2CCN(c3ccc(Cl)cc3)CC2)s1)C1CCC1. The molecule has 1 aromatic heterocycles. The lowest BCUT2D eigenvalue weighted by Crippen LogP contribution is -2.49. The third-order valence-corrected chi connectivity index (χ3v) is 7.46. The summed E-state index contributed by atoms with van der Waals surface area (Å²) in [5, 5.41) is 12.1. The van der Waals surface area contributed by atoms with Crippen molar-refractivity contribution in [2.45, 2.75) is 23.6 Å². The lowest BCUT2D eigenvalue weighted by molar-refractivity contribution is -0.128. The monoisotopic (exact) mass is 451 g/mol. The van der Waals surface area contributed by atoms with Crippen molar-refractivity contribution in [3.63, 3.8) is 0 Å². The van der Waals surface area contributed by atoms with Crippen LogP contribution >= 0.6 is 34.7 Å². The molecule has 1 N–H and O–H groups in total. The van der Waals surface area contributed by atoms with Crippen LogP contribution in [0, 0.1) is 5.92 Å². The molecule has 1 aliphatic heterocycles. The number of piperazine rings is 1. The van der Waals surface area contributed by atoms with Gasteiger partial charge >= 0.3 is 0 Å². The highest BCUT2D eigenvalue weighted by molar-refractivity contribution is 8.01. The van der Waals surface area contributed by atoms with E-state index in [9.17, 15) is 9.59 Å². The molecule has 154 valence electrons. The van der Waals surface area contributed by atoms with Gasteiger partial charge in [0.2, 0.25) is 16.9 Å². The molecule has 2 heterocycles. The number of aromatic nitrogens is 2. The number of carbonyl (C=O) groups excluding carboxylic acids is 2. The Morgan fingerprint density at radius 2 is 1.86 bits per heavy atom. The molecule has 0 atom stereocenters. The van der Waals surface area contributed by atoms with Gasteiger partial charge in [0, 0.05) is 42.8 Å². The average Bonchev–Trinajstić information content (AvgIpc) is 3.12. The van der Waals surface area contributed by atoms with Crippen LogP contribution in [0.1, 0.15) is 19.3 Å². The van der Waals surface area contributed by atoms with Crippen molar-refractivity contribution in [2.24, 2.45) is 5.92 Å². The fraction of sp³-hybridized carbons (Fsp3) is 0.474. The van der Waals surface area contributed by atoms with Gasteiger partial charge in [-0.05, 0) is 37.1 Å². The van der Waals surface area contributed by atoms with Crippen molar-refractivity contribution >= 4 is 57.3 Å². The van der Waals surface area contributed by atoms with Crippen molar-refractivity contribution in [3.05, 3.63) is 29.3 Å². The Bertz CT molecular complexity index is 864. The van der Waals surface area contributed by atoms with Gasteiger partial charge in [0.05, 0.1) is 5.75 Å². The zero-order valence-electron chi connectivity index (χ0n) is 15.8. The summed E-state index contributed by atoms with van der Waals surface area (Å²) >= 11 is 8.64. The highest BCUT2D eigenvalue weighted by Crippen LogP contribution is 2.30. The molecule has 1 saturated carbocycles. The van der Waals surface area contributed by atoms with E-state index in [-0.39, 0.29) is 17.7 Å². The summed E-state index contributed by atoms with van der Waals surface area (Å²) < 4.78 is 0.696. The molecule has 4 rings (SSSR count). The van der Waals surface area contributed by atoms with Crippen LogP contribution < -0.4 is 10.2 Å². The molecule has 1 saturated heterocycles. The van der Waals surface area contributed by atoms with Gasteiger partial charge in [-0.15, -0.1) is 10.2 Å². The van der Waals surface area contributed by atoms with Gasteiger partial charge < -0.3 is 15.1 Å². The van der Waals surface area contributed by atoms with E-state index in [1.807, 2.05) is 29.2 Å². The van der Waals surface area contributed by atoms with Gasteiger partial charge in [-0.2, -0.15) is 0 Å². The molecule has 0 unspecified atom stereocenters. The summed E-state index contributed by atoms with van der Waals surface area (Å²) in [5.41, 5.74) is 1.13. The third-order valence-electron chi connectivity index (χ3n) is 5.26. The number of nitrogens with zero attached hydrogens (tertiary/aromatic N) is 4. The van der Waals surface area contributed by atoms with Crippen LogP contribution in [0.25, 0.3) is 0 Å². The van der Waals surface area contributed by atoms with Gasteiger partial charge in [0.25, 0.3) is 0 Å². The maximum absolute atomic E-state index is 12.5. The Hall–Kier alpha value is -1.84. The van der Waals surface area contributed by atoms with Crippen LogP contribution in [-0.4, -0.2) is 58.8 Å². The third kappa shape index (κ3) is 5.21. The number of halogens is 1. The summed E-state index contributed by atoms with van der Waals surface area (Å²) in [5.74, 6) is 0.564. The Balaban J connectivity index is 1.21. The average molecular weight is 452 g/mol. The number of nitrogens with one attached hydrogen (secondary N) is 1. The summed E-state index contributed by atoms with van der Waals surface area (Å²) in [6.07, 6.45) is 3.02. The summed E-state index contributed by atoms with van der Waals surface area (Å²) in [6.45, 7) is 2.99. The van der Waals surface area contributed by atoms with Crippen molar-refractivity contribution in [2.75, 3.05) is 42.1 Å². The van der Waals surface area contributed by atoms with Crippen LogP contribution in [-0.2, 0) is 9.59 Å². The predicted molar refractivity (Wildman–Crippen MR) is 117 cm³/mol. The largest absolute Gasteiger partial charge is 0.368 e. The van der Waals surface area contributed by atoms with Crippen molar-refractivity contribution in [1.29, 1.82) is 0 Å². The molecule has 2 aliphatic rings. The fourth-order valence-electron chi connectivity index (χ4n) is 3.28. The predicted octanol–water partition coefficient (Wildman–Crippen LogP) is 3.37. The number of rotatable bonds is 6. The highest BCUT2D eigenvalue weighted by Gasteiger charge is 2.26. The number of thioether (sulfide) groups is 1. The number of hydrogen-bond donors (Lipinski definition) is 1. The van der Waals surface area contributed by atoms with Crippen LogP contribution in [0.3, 0.4) is 0 Å². The molecule has 10 heteroatoms. The van der Waals surface area contributed by atoms with Gasteiger partial charge in [0.15, 0.2) is 4.34 Å². The summed E-state index contributed by atoms with van der Waals surface area (Å²) in [7, 11) is 0. The standard InChI is InChI=1S/C19H22ClN5O2S2/c20-14-4-6-15(7-5-14)24-8-10-25(11-9-24)16(26)12-28-19-23-22-18(29-19)21-17(27)13-2-1-3-13/h4-7,13H,1-3,8-12H2,(H,21,22,27). The Kier molecular flexibility index (Phi) is 6.56. The molecular weight excluding hydrogens is 430 g/mol. The first-order valence-corrected chi connectivity index (χ1v) is 11.8. The van der Waals surface area contributed by atoms with E-state index < -0.39 is 0 Å². The zero-order valence-corrected chi connectivity index (χ0v) is 18.2. The molecule has 0 spiro atoms. The summed E-state index contributed by atoms with van der Waals surface area (Å²) in [4.78, 5) is 28.7. The van der Waals surface area contributed by atoms with Crippen molar-refractivity contribution in [3.8, 4) is 0 Å². The normalized spacial score (nSPS) is 17.1. The molecule has 1 aromatic carbocycles. The van der Waals surface area contributed by atoms with Crippen molar-refractivity contribution in [1.82, 2.24) is 15.1 Å². The van der Waals surface area contributed by atoms with Gasteiger partial charge in [-0.25, -0.2) is 0 Å². The van der Waals surface area contributed by atoms with Gasteiger partial charge in [0.1, 0.15) is 0 Å². The molecule has 29 heavy (non-hydrogen) atoms. The molecule has 2 amide bonds. The maximum atomic E-state index is 12.5. The lowest BCUT2D eigenvalue weighted by Gasteiger charge is -2.36. The number of benzene rings is 1. The Labute approximate surface area is 182 Å². The summed E-state index contributed by atoms with van der Waals surface area (Å²) in [6, 6.07) is 7.78. The smallest absolute Gasteiger partial charge is 0.233 e. The first-order valence-electron chi connectivity index (χ1n) is 9.64. The maximum Gasteiger partial charge on any atom is 0.233 e. The van der Waals surface area contributed by atoms with E-state index in [4.69, 9.17) is 11.6 Å². The second-order valence-electron chi connectivity index (χ2n) is 7.12. The van der Waals surface area contributed by atoms with E-state index in [1.165, 1.54) is 23.1 Å². The minimum atomic E-state index is 0.0265. The van der Waals surface area contributed by atoms with Crippen molar-refractivity contribution < 1.29 is 9.59 Å². The number of amides is 2. The number of hydrogen-bond acceptors (Lipinski definition) is 7. The molecular formula is C19H22ClN5O2S2.